The monoisotopic (exact) mass is 789 g/mol. The summed E-state index contributed by atoms with van der Waals surface area (Å²) in [7, 11) is 0. The lowest BCUT2D eigenvalue weighted by atomic mass is 10.0. The van der Waals surface area contributed by atoms with Crippen molar-refractivity contribution in [3.8, 4) is 0 Å². The van der Waals surface area contributed by atoms with Crippen LogP contribution in [-0.4, -0.2) is 12.6 Å². The highest BCUT2D eigenvalue weighted by atomic mass is 16.5. The first-order chi connectivity index (χ1) is 27.8. The smallest absolute Gasteiger partial charge is 0.305 e. The fraction of sp³-hybridized carbons (Fsp3) is 0.981. The van der Waals surface area contributed by atoms with Crippen LogP contribution in [0.2, 0.25) is 0 Å². The molecule has 0 rings (SSSR count). The minimum absolute atomic E-state index is 0.0346. The summed E-state index contributed by atoms with van der Waals surface area (Å²) in [6.45, 7) is 5.24. The largest absolute Gasteiger partial charge is 0.466 e. The van der Waals surface area contributed by atoms with E-state index in [2.05, 4.69) is 13.8 Å². The van der Waals surface area contributed by atoms with Gasteiger partial charge in [0.05, 0.1) is 6.61 Å². The SMILES string of the molecule is CCCCCCCCCCCCCCCCCCCCCCCCCCCCCCCCCC(=O)OCCCCCCCCCCCCCCCCCCCC. The first-order valence-corrected chi connectivity index (χ1v) is 27.0. The fourth-order valence-corrected chi connectivity index (χ4v) is 8.73. The molecule has 0 amide bonds. The van der Waals surface area contributed by atoms with E-state index in [1.54, 1.807) is 0 Å². The number of hydrogen-bond acceptors (Lipinski definition) is 2. The first kappa shape index (κ1) is 55.5. The maximum absolute atomic E-state index is 12.1. The molecular weight excluding hydrogens is 681 g/mol. The van der Waals surface area contributed by atoms with Crippen LogP contribution in [0.1, 0.15) is 335 Å². The van der Waals surface area contributed by atoms with Crippen LogP contribution in [0.3, 0.4) is 0 Å². The maximum Gasteiger partial charge on any atom is 0.305 e. The number of rotatable bonds is 51. The van der Waals surface area contributed by atoms with Gasteiger partial charge in [-0.05, 0) is 12.8 Å². The molecular formula is C54H108O2. The van der Waals surface area contributed by atoms with Crippen molar-refractivity contribution >= 4 is 5.97 Å². The van der Waals surface area contributed by atoms with Crippen molar-refractivity contribution in [2.75, 3.05) is 6.61 Å². The van der Waals surface area contributed by atoms with Crippen LogP contribution in [0.15, 0.2) is 0 Å². The predicted molar refractivity (Wildman–Crippen MR) is 253 cm³/mol. The molecule has 336 valence electrons. The van der Waals surface area contributed by atoms with Gasteiger partial charge < -0.3 is 4.74 Å². The minimum Gasteiger partial charge on any atom is -0.466 e. The van der Waals surface area contributed by atoms with Crippen molar-refractivity contribution in [1.82, 2.24) is 0 Å². The first-order valence-electron chi connectivity index (χ1n) is 27.0. The Balaban J connectivity index is 3.13. The molecule has 56 heavy (non-hydrogen) atoms. The van der Waals surface area contributed by atoms with Gasteiger partial charge in [-0.3, -0.25) is 4.79 Å². The topological polar surface area (TPSA) is 26.3 Å². The zero-order chi connectivity index (χ0) is 40.3. The summed E-state index contributed by atoms with van der Waals surface area (Å²) in [4.78, 5) is 12.1. The van der Waals surface area contributed by atoms with E-state index < -0.39 is 0 Å². The molecule has 0 aliphatic rings. The number of ether oxygens (including phenoxy) is 1. The number of carbonyl (C=O) groups excluding carboxylic acids is 1. The normalized spacial score (nSPS) is 11.5. The van der Waals surface area contributed by atoms with E-state index >= 15 is 0 Å². The molecule has 0 aromatic heterocycles. The summed E-state index contributed by atoms with van der Waals surface area (Å²) in [6.07, 6.45) is 69.8. The maximum atomic E-state index is 12.1. The van der Waals surface area contributed by atoms with Crippen molar-refractivity contribution < 1.29 is 9.53 Å². The van der Waals surface area contributed by atoms with Gasteiger partial charge in [-0.15, -0.1) is 0 Å². The molecule has 0 atom stereocenters. The van der Waals surface area contributed by atoms with E-state index in [-0.39, 0.29) is 5.97 Å². The van der Waals surface area contributed by atoms with E-state index in [0.717, 1.165) is 12.8 Å². The molecule has 0 aliphatic heterocycles. The van der Waals surface area contributed by atoms with Gasteiger partial charge in [-0.1, -0.05) is 316 Å². The van der Waals surface area contributed by atoms with Gasteiger partial charge in [0.15, 0.2) is 0 Å². The van der Waals surface area contributed by atoms with E-state index in [1.807, 2.05) is 0 Å². The standard InChI is InChI=1S/C54H108O2/c1-3-5-7-9-11-13-15-17-19-21-23-24-25-26-27-28-29-30-31-32-33-34-35-36-38-40-42-44-46-48-50-52-54(55)56-53-51-49-47-45-43-41-39-37-22-20-18-16-14-12-10-8-6-4-2/h3-53H2,1-2H3. The molecule has 0 saturated heterocycles. The van der Waals surface area contributed by atoms with Crippen LogP contribution in [0.25, 0.3) is 0 Å². The zero-order valence-electron chi connectivity index (χ0n) is 39.4. The Morgan fingerprint density at radius 3 is 0.589 bits per heavy atom. The Hall–Kier alpha value is -0.530. The molecule has 0 unspecified atom stereocenters. The van der Waals surface area contributed by atoms with E-state index in [1.165, 1.54) is 302 Å². The molecule has 0 fully saturated rings. The summed E-state index contributed by atoms with van der Waals surface area (Å²) in [5.74, 6) is 0.0346. The fourth-order valence-electron chi connectivity index (χ4n) is 8.73. The highest BCUT2D eigenvalue weighted by molar-refractivity contribution is 5.69. The number of esters is 1. The van der Waals surface area contributed by atoms with Gasteiger partial charge in [0.2, 0.25) is 0 Å². The summed E-state index contributed by atoms with van der Waals surface area (Å²) >= 11 is 0. The van der Waals surface area contributed by atoms with Crippen molar-refractivity contribution in [2.24, 2.45) is 0 Å². The van der Waals surface area contributed by atoms with Crippen LogP contribution < -0.4 is 0 Å². The van der Waals surface area contributed by atoms with E-state index in [4.69, 9.17) is 4.74 Å². The Morgan fingerprint density at radius 2 is 0.393 bits per heavy atom. The lowest BCUT2D eigenvalue weighted by Gasteiger charge is -2.06. The number of hydrogen-bond donors (Lipinski definition) is 0. The third-order valence-corrected chi connectivity index (χ3v) is 12.7. The van der Waals surface area contributed by atoms with Crippen LogP contribution >= 0.6 is 0 Å². The second-order valence-electron chi connectivity index (χ2n) is 18.6. The quantitative estimate of drug-likeness (QED) is 0.0453. The summed E-state index contributed by atoms with van der Waals surface area (Å²) in [5.41, 5.74) is 0. The van der Waals surface area contributed by atoms with Crippen LogP contribution in [0, 0.1) is 0 Å². The Bertz CT molecular complexity index is 688. The average Bonchev–Trinajstić information content (AvgIpc) is 3.20. The number of carbonyl (C=O) groups is 1. The molecule has 0 aromatic carbocycles. The van der Waals surface area contributed by atoms with Gasteiger partial charge in [-0.25, -0.2) is 0 Å². The zero-order valence-corrected chi connectivity index (χ0v) is 39.4. The Morgan fingerprint density at radius 1 is 0.232 bits per heavy atom. The third-order valence-electron chi connectivity index (χ3n) is 12.7. The van der Waals surface area contributed by atoms with Crippen molar-refractivity contribution in [2.45, 2.75) is 335 Å². The van der Waals surface area contributed by atoms with E-state index in [0.29, 0.717) is 13.0 Å². The minimum atomic E-state index is 0.0346. The molecule has 0 heterocycles. The van der Waals surface area contributed by atoms with Crippen molar-refractivity contribution in [3.63, 3.8) is 0 Å². The van der Waals surface area contributed by atoms with Crippen molar-refractivity contribution in [1.29, 1.82) is 0 Å². The van der Waals surface area contributed by atoms with Gasteiger partial charge in [0.25, 0.3) is 0 Å². The summed E-state index contributed by atoms with van der Waals surface area (Å²) in [5, 5.41) is 0. The van der Waals surface area contributed by atoms with E-state index in [9.17, 15) is 4.79 Å². The van der Waals surface area contributed by atoms with Gasteiger partial charge in [-0.2, -0.15) is 0 Å². The molecule has 0 bridgehead atoms. The second kappa shape index (κ2) is 52.5. The highest BCUT2D eigenvalue weighted by Gasteiger charge is 2.03. The third kappa shape index (κ3) is 51.5. The van der Waals surface area contributed by atoms with Gasteiger partial charge in [0, 0.05) is 6.42 Å². The molecule has 0 radical (unpaired) electrons. The lowest BCUT2D eigenvalue weighted by molar-refractivity contribution is -0.143. The Kier molecular flexibility index (Phi) is 52.0. The summed E-state index contributed by atoms with van der Waals surface area (Å²) in [6, 6.07) is 0. The average molecular weight is 789 g/mol. The predicted octanol–water partition coefficient (Wildman–Crippen LogP) is 20.1. The van der Waals surface area contributed by atoms with Crippen LogP contribution in [0.4, 0.5) is 0 Å². The molecule has 0 aliphatic carbocycles. The van der Waals surface area contributed by atoms with Crippen LogP contribution in [-0.2, 0) is 9.53 Å². The van der Waals surface area contributed by atoms with Gasteiger partial charge >= 0.3 is 5.97 Å². The van der Waals surface area contributed by atoms with Crippen LogP contribution in [0.5, 0.6) is 0 Å². The summed E-state index contributed by atoms with van der Waals surface area (Å²) < 4.78 is 5.50. The molecule has 2 heteroatoms. The molecule has 0 N–H and O–H groups in total. The van der Waals surface area contributed by atoms with Crippen molar-refractivity contribution in [3.05, 3.63) is 0 Å². The Labute approximate surface area is 355 Å². The second-order valence-corrected chi connectivity index (χ2v) is 18.6. The number of unbranched alkanes of at least 4 members (excludes halogenated alkanes) is 47. The molecule has 0 aromatic rings. The van der Waals surface area contributed by atoms with Gasteiger partial charge in [0.1, 0.15) is 0 Å². The molecule has 2 nitrogen and oxygen atoms in total. The molecule has 0 saturated carbocycles. The highest BCUT2D eigenvalue weighted by Crippen LogP contribution is 2.18. The lowest BCUT2D eigenvalue weighted by Crippen LogP contribution is -2.05. The molecule has 0 spiro atoms.